The van der Waals surface area contributed by atoms with E-state index in [1.165, 1.54) is 34.1 Å². The number of carbonyl (C=O) groups is 2. The lowest BCUT2D eigenvalue weighted by atomic mass is 9.95. The van der Waals surface area contributed by atoms with Gasteiger partial charge < -0.3 is 9.84 Å². The van der Waals surface area contributed by atoms with E-state index in [0.717, 1.165) is 16.9 Å². The zero-order valence-electron chi connectivity index (χ0n) is 23.6. The number of ketones is 1. The predicted molar refractivity (Wildman–Crippen MR) is 169 cm³/mol. The SMILES string of the molecule is Cc1nc(C)c(C(=O)C2=C(O)C(=O)N(c3nnc(SCc4ccccc4F)s3)C2c2ccc(OCc3ccccc3)cc2)s1. The number of hydrogen-bond acceptors (Lipinski definition) is 10. The van der Waals surface area contributed by atoms with Gasteiger partial charge in [0.25, 0.3) is 5.91 Å². The second-order valence-electron chi connectivity index (χ2n) is 9.89. The van der Waals surface area contributed by atoms with Crippen molar-refractivity contribution < 1.29 is 23.8 Å². The summed E-state index contributed by atoms with van der Waals surface area (Å²) in [6.45, 7) is 3.89. The number of aromatic nitrogens is 3. The number of benzene rings is 3. The van der Waals surface area contributed by atoms with Gasteiger partial charge in [0.15, 0.2) is 10.1 Å². The topological polar surface area (TPSA) is 106 Å². The summed E-state index contributed by atoms with van der Waals surface area (Å²) in [7, 11) is 0. The third kappa shape index (κ3) is 6.01. The van der Waals surface area contributed by atoms with Crippen molar-refractivity contribution in [2.24, 2.45) is 0 Å². The van der Waals surface area contributed by atoms with E-state index in [-0.39, 0.29) is 16.5 Å². The Bertz CT molecular complexity index is 1870. The molecule has 0 fully saturated rings. The van der Waals surface area contributed by atoms with Crippen LogP contribution in [0.15, 0.2) is 94.5 Å². The maximum absolute atomic E-state index is 14.2. The zero-order valence-corrected chi connectivity index (χ0v) is 26.0. The minimum absolute atomic E-state index is 0.0598. The number of aliphatic hydroxyl groups is 1. The average Bonchev–Trinajstić information content (AvgIpc) is 3.71. The molecule has 3 aromatic carbocycles. The number of nitrogens with zero attached hydrogens (tertiary/aromatic N) is 4. The number of anilines is 1. The van der Waals surface area contributed by atoms with Crippen LogP contribution in [0.5, 0.6) is 5.75 Å². The molecular weight excluding hydrogens is 620 g/mol. The first-order chi connectivity index (χ1) is 21.3. The molecule has 44 heavy (non-hydrogen) atoms. The van der Waals surface area contributed by atoms with Crippen LogP contribution in [0, 0.1) is 19.7 Å². The molecule has 0 saturated heterocycles. The van der Waals surface area contributed by atoms with Crippen LogP contribution in [0.3, 0.4) is 0 Å². The predicted octanol–water partition coefficient (Wildman–Crippen LogP) is 7.40. The first kappa shape index (κ1) is 29.7. The van der Waals surface area contributed by atoms with Gasteiger partial charge in [-0.05, 0) is 48.7 Å². The van der Waals surface area contributed by atoms with E-state index < -0.39 is 23.5 Å². The Morgan fingerprint density at radius 2 is 1.73 bits per heavy atom. The minimum Gasteiger partial charge on any atom is -0.503 e. The quantitative estimate of drug-likeness (QED) is 0.0953. The third-order valence-corrected chi connectivity index (χ3v) is 10.1. The number of ether oxygens (including phenoxy) is 1. The summed E-state index contributed by atoms with van der Waals surface area (Å²) in [5, 5.41) is 20.5. The second-order valence-corrected chi connectivity index (χ2v) is 13.3. The molecule has 12 heteroatoms. The smallest absolute Gasteiger partial charge is 0.296 e. The fourth-order valence-corrected chi connectivity index (χ4v) is 7.54. The Hall–Kier alpha value is -4.39. The number of thioether (sulfide) groups is 1. The number of halogens is 1. The molecule has 222 valence electrons. The van der Waals surface area contributed by atoms with Crippen molar-refractivity contribution in [3.63, 3.8) is 0 Å². The molecule has 0 aliphatic carbocycles. The van der Waals surface area contributed by atoms with Crippen LogP contribution in [0.25, 0.3) is 0 Å². The summed E-state index contributed by atoms with van der Waals surface area (Å²) in [5.74, 6) is -1.28. The fourth-order valence-electron chi connectivity index (χ4n) is 4.81. The Morgan fingerprint density at radius 3 is 2.43 bits per heavy atom. The largest absolute Gasteiger partial charge is 0.503 e. The number of amides is 1. The van der Waals surface area contributed by atoms with Gasteiger partial charge in [0.1, 0.15) is 18.2 Å². The van der Waals surface area contributed by atoms with Crippen molar-refractivity contribution in [3.8, 4) is 5.75 Å². The molecule has 1 unspecified atom stereocenters. The molecule has 2 aromatic heterocycles. The fraction of sp³-hybridized carbons (Fsp3) is 0.156. The first-order valence-corrected chi connectivity index (χ1v) is 16.1. The lowest BCUT2D eigenvalue weighted by Gasteiger charge is -2.24. The van der Waals surface area contributed by atoms with Gasteiger partial charge in [-0.2, -0.15) is 0 Å². The van der Waals surface area contributed by atoms with E-state index in [0.29, 0.717) is 49.2 Å². The molecule has 0 saturated carbocycles. The Kier molecular flexibility index (Phi) is 8.56. The number of carbonyl (C=O) groups excluding carboxylic acids is 2. The third-order valence-electron chi connectivity index (χ3n) is 6.92. The van der Waals surface area contributed by atoms with Crippen molar-refractivity contribution in [2.45, 2.75) is 36.6 Å². The first-order valence-electron chi connectivity index (χ1n) is 13.5. The normalized spacial score (nSPS) is 14.8. The van der Waals surface area contributed by atoms with Crippen LogP contribution in [0.2, 0.25) is 0 Å². The maximum Gasteiger partial charge on any atom is 0.296 e. The Morgan fingerprint density at radius 1 is 1.00 bits per heavy atom. The van der Waals surface area contributed by atoms with Gasteiger partial charge in [0.05, 0.1) is 27.2 Å². The summed E-state index contributed by atoms with van der Waals surface area (Å²) in [5.41, 5.74) is 2.57. The zero-order chi connectivity index (χ0) is 30.8. The molecule has 1 aliphatic rings. The number of aliphatic hydroxyl groups excluding tert-OH is 1. The highest BCUT2D eigenvalue weighted by Crippen LogP contribution is 2.45. The molecule has 0 bridgehead atoms. The molecule has 1 amide bonds. The highest BCUT2D eigenvalue weighted by Gasteiger charge is 2.46. The molecule has 3 heterocycles. The summed E-state index contributed by atoms with van der Waals surface area (Å²) < 4.78 is 20.6. The van der Waals surface area contributed by atoms with E-state index in [1.54, 1.807) is 56.3 Å². The summed E-state index contributed by atoms with van der Waals surface area (Å²) >= 11 is 3.61. The van der Waals surface area contributed by atoms with Gasteiger partial charge >= 0.3 is 0 Å². The second kappa shape index (κ2) is 12.7. The molecule has 0 spiro atoms. The van der Waals surface area contributed by atoms with Crippen molar-refractivity contribution in [1.29, 1.82) is 0 Å². The summed E-state index contributed by atoms with van der Waals surface area (Å²) in [4.78, 5) is 33.5. The number of Topliss-reactive ketones (excluding diaryl/α,β-unsaturated/α-hetero) is 1. The molecule has 1 N–H and O–H groups in total. The lowest BCUT2D eigenvalue weighted by molar-refractivity contribution is -0.117. The van der Waals surface area contributed by atoms with Crippen LogP contribution in [0.1, 0.15) is 43.1 Å². The monoisotopic (exact) mass is 644 g/mol. The van der Waals surface area contributed by atoms with E-state index in [2.05, 4.69) is 15.2 Å². The van der Waals surface area contributed by atoms with Crippen LogP contribution < -0.4 is 9.64 Å². The molecular formula is C32H25FN4O4S3. The van der Waals surface area contributed by atoms with Gasteiger partial charge in [-0.15, -0.1) is 21.5 Å². The van der Waals surface area contributed by atoms with Crippen LogP contribution in [0.4, 0.5) is 9.52 Å². The van der Waals surface area contributed by atoms with Crippen LogP contribution >= 0.6 is 34.4 Å². The molecule has 1 atom stereocenters. The van der Waals surface area contributed by atoms with Crippen molar-refractivity contribution in [2.75, 3.05) is 4.90 Å². The standard InChI is InChI=1S/C32H25FN4O4S3/c1-18-29(43-19(2)34-18)27(38)25-26(21-12-14-23(15-13-21)41-16-20-8-4-3-5-9-20)37(30(40)28(25)39)31-35-36-32(44-31)42-17-22-10-6-7-11-24(22)33/h3-15,26,39H,16-17H2,1-2H3. The van der Waals surface area contributed by atoms with Gasteiger partial charge in [-0.25, -0.2) is 9.37 Å². The van der Waals surface area contributed by atoms with Crippen molar-refractivity contribution in [3.05, 3.63) is 128 Å². The summed E-state index contributed by atoms with van der Waals surface area (Å²) in [6, 6.07) is 22.3. The molecule has 6 rings (SSSR count). The van der Waals surface area contributed by atoms with E-state index in [9.17, 15) is 19.1 Å². The molecule has 5 aromatic rings. The van der Waals surface area contributed by atoms with Gasteiger partial charge in [-0.1, -0.05) is 83.8 Å². The Labute approximate surface area is 264 Å². The number of thiazole rings is 1. The van der Waals surface area contributed by atoms with Crippen LogP contribution in [-0.4, -0.2) is 32.0 Å². The van der Waals surface area contributed by atoms with E-state index >= 15 is 0 Å². The molecule has 1 aliphatic heterocycles. The highest BCUT2D eigenvalue weighted by molar-refractivity contribution is 8.00. The van der Waals surface area contributed by atoms with Crippen molar-refractivity contribution in [1.82, 2.24) is 15.2 Å². The number of rotatable bonds is 10. The van der Waals surface area contributed by atoms with Gasteiger partial charge in [0, 0.05) is 5.75 Å². The average molecular weight is 645 g/mol. The molecule has 8 nitrogen and oxygen atoms in total. The van der Waals surface area contributed by atoms with Crippen molar-refractivity contribution >= 4 is 51.3 Å². The summed E-state index contributed by atoms with van der Waals surface area (Å²) in [6.07, 6.45) is 0. The van der Waals surface area contributed by atoms with Gasteiger partial charge in [-0.3, -0.25) is 14.5 Å². The highest BCUT2D eigenvalue weighted by atomic mass is 32.2. The number of hydrogen-bond donors (Lipinski definition) is 1. The molecule has 0 radical (unpaired) electrons. The number of aryl methyl sites for hydroxylation is 2. The van der Waals surface area contributed by atoms with Gasteiger partial charge in [0.2, 0.25) is 10.9 Å². The lowest BCUT2D eigenvalue weighted by Crippen LogP contribution is -2.31. The van der Waals surface area contributed by atoms with Crippen LogP contribution in [-0.2, 0) is 17.2 Å². The minimum atomic E-state index is -0.975. The van der Waals surface area contributed by atoms with E-state index in [1.807, 2.05) is 30.3 Å². The maximum atomic E-state index is 14.2. The Balaban J connectivity index is 1.32. The van der Waals surface area contributed by atoms with E-state index in [4.69, 9.17) is 4.74 Å².